The first-order valence-corrected chi connectivity index (χ1v) is 3.97. The number of alkyl halides is 3. The molecule has 0 aliphatic heterocycles. The highest BCUT2D eigenvalue weighted by Gasteiger charge is 2.34. The molecule has 0 aromatic heterocycles. The van der Waals surface area contributed by atoms with E-state index in [0.29, 0.717) is 6.07 Å². The van der Waals surface area contributed by atoms with Crippen LogP contribution >= 0.6 is 11.6 Å². The Bertz CT molecular complexity index is 417. The van der Waals surface area contributed by atoms with E-state index in [4.69, 9.17) is 17.3 Å². The maximum atomic E-state index is 13.0. The quantitative estimate of drug-likeness (QED) is 0.771. The average molecular weight is 258 g/mol. The van der Waals surface area contributed by atoms with Crippen LogP contribution in [0.25, 0.3) is 0 Å². The van der Waals surface area contributed by atoms with E-state index in [1.165, 1.54) is 0 Å². The number of benzene rings is 1. The Morgan fingerprint density at radius 1 is 1.31 bits per heavy atom. The van der Waals surface area contributed by atoms with Gasteiger partial charge in [0.2, 0.25) is 0 Å². The summed E-state index contributed by atoms with van der Waals surface area (Å²) in [4.78, 5) is 10.6. The number of hydrogen-bond donors (Lipinski definition) is 1. The van der Waals surface area contributed by atoms with Crippen molar-refractivity contribution in [3.63, 3.8) is 0 Å². The zero-order valence-electron chi connectivity index (χ0n) is 7.03. The molecule has 0 radical (unpaired) electrons. The van der Waals surface area contributed by atoms with Crippen molar-refractivity contribution in [2.75, 3.05) is 0 Å². The number of rotatable bonds is 1. The molecule has 0 atom stereocenters. The molecule has 1 rings (SSSR count). The Balaban J connectivity index is 0.00000225. The van der Waals surface area contributed by atoms with Crippen LogP contribution < -0.4 is 5.73 Å². The normalized spacial score (nSPS) is 10.8. The standard InChI is InChI=1S/C8H4ClF4NO.CH4/c9-5-1-3(7(14)15)6(10)2-4(5)8(11,12)13;/h1-2H,(H2,14,15);1H4. The van der Waals surface area contributed by atoms with E-state index in [9.17, 15) is 22.4 Å². The predicted octanol–water partition coefficient (Wildman–Crippen LogP) is 3.23. The zero-order chi connectivity index (χ0) is 11.8. The minimum Gasteiger partial charge on any atom is -0.366 e. The lowest BCUT2D eigenvalue weighted by molar-refractivity contribution is -0.137. The number of carbonyl (C=O) groups is 1. The molecule has 0 fully saturated rings. The third-order valence-corrected chi connectivity index (χ3v) is 1.94. The molecule has 2 nitrogen and oxygen atoms in total. The lowest BCUT2D eigenvalue weighted by atomic mass is 10.1. The van der Waals surface area contributed by atoms with Gasteiger partial charge in [0.15, 0.2) is 0 Å². The van der Waals surface area contributed by atoms with Gasteiger partial charge in [-0.25, -0.2) is 4.39 Å². The summed E-state index contributed by atoms with van der Waals surface area (Å²) in [6, 6.07) is 0.699. The van der Waals surface area contributed by atoms with Crippen molar-refractivity contribution in [2.45, 2.75) is 13.6 Å². The fourth-order valence-electron chi connectivity index (χ4n) is 0.953. The summed E-state index contributed by atoms with van der Waals surface area (Å²) in [7, 11) is 0. The third-order valence-electron chi connectivity index (χ3n) is 1.63. The number of amides is 1. The molecule has 2 N–H and O–H groups in total. The highest BCUT2D eigenvalue weighted by molar-refractivity contribution is 6.31. The van der Waals surface area contributed by atoms with E-state index < -0.39 is 34.1 Å². The number of nitrogens with two attached hydrogens (primary N) is 1. The summed E-state index contributed by atoms with van der Waals surface area (Å²) in [6.45, 7) is 0. The van der Waals surface area contributed by atoms with Gasteiger partial charge in [-0.2, -0.15) is 13.2 Å². The van der Waals surface area contributed by atoms with Gasteiger partial charge in [0.05, 0.1) is 16.1 Å². The summed E-state index contributed by atoms with van der Waals surface area (Å²) in [6.07, 6.45) is -4.77. The van der Waals surface area contributed by atoms with Crippen molar-refractivity contribution in [1.82, 2.24) is 0 Å². The lowest BCUT2D eigenvalue weighted by Gasteiger charge is -2.10. The monoisotopic (exact) mass is 257 g/mol. The van der Waals surface area contributed by atoms with Gasteiger partial charge >= 0.3 is 6.18 Å². The molecule has 7 heteroatoms. The first-order valence-electron chi connectivity index (χ1n) is 3.59. The number of carbonyl (C=O) groups excluding carboxylic acids is 1. The largest absolute Gasteiger partial charge is 0.417 e. The molecule has 1 aromatic rings. The topological polar surface area (TPSA) is 43.1 Å². The second-order valence-corrected chi connectivity index (χ2v) is 3.08. The van der Waals surface area contributed by atoms with E-state index in [-0.39, 0.29) is 13.5 Å². The fraction of sp³-hybridized carbons (Fsp3) is 0.222. The smallest absolute Gasteiger partial charge is 0.366 e. The molecule has 0 bridgehead atoms. The highest BCUT2D eigenvalue weighted by atomic mass is 35.5. The summed E-state index contributed by atoms with van der Waals surface area (Å²) < 4.78 is 49.5. The van der Waals surface area contributed by atoms with E-state index >= 15 is 0 Å². The Labute approximate surface area is 94.0 Å². The molecule has 1 aromatic carbocycles. The molecular weight excluding hydrogens is 250 g/mol. The number of primary amides is 1. The van der Waals surface area contributed by atoms with Crippen LogP contribution in [-0.2, 0) is 6.18 Å². The highest BCUT2D eigenvalue weighted by Crippen LogP contribution is 2.35. The van der Waals surface area contributed by atoms with E-state index in [2.05, 4.69) is 0 Å². The Kier molecular flexibility index (Phi) is 4.31. The summed E-state index contributed by atoms with van der Waals surface area (Å²) in [5.41, 5.74) is 2.71. The molecule has 90 valence electrons. The van der Waals surface area contributed by atoms with Crippen LogP contribution in [-0.4, -0.2) is 5.91 Å². The van der Waals surface area contributed by atoms with Gasteiger partial charge in [-0.15, -0.1) is 0 Å². The molecule has 0 aliphatic rings. The Morgan fingerprint density at radius 3 is 2.19 bits per heavy atom. The second-order valence-electron chi connectivity index (χ2n) is 2.67. The van der Waals surface area contributed by atoms with Crippen LogP contribution in [0.3, 0.4) is 0 Å². The molecule has 16 heavy (non-hydrogen) atoms. The van der Waals surface area contributed by atoms with Crippen LogP contribution in [0.5, 0.6) is 0 Å². The van der Waals surface area contributed by atoms with Gasteiger partial charge in [0, 0.05) is 0 Å². The first-order chi connectivity index (χ1) is 6.73. The van der Waals surface area contributed by atoms with Crippen LogP contribution in [0.1, 0.15) is 23.3 Å². The summed E-state index contributed by atoms with van der Waals surface area (Å²) in [5.74, 6) is -2.53. The molecule has 0 heterocycles. The number of hydrogen-bond acceptors (Lipinski definition) is 1. The molecule has 0 saturated heterocycles. The molecular formula is C9H8ClF4NO. The van der Waals surface area contributed by atoms with Crippen LogP contribution in [0, 0.1) is 5.82 Å². The molecule has 0 aliphatic carbocycles. The van der Waals surface area contributed by atoms with Crippen molar-refractivity contribution in [3.05, 3.63) is 34.1 Å². The van der Waals surface area contributed by atoms with Gasteiger partial charge < -0.3 is 5.73 Å². The zero-order valence-corrected chi connectivity index (χ0v) is 7.79. The average Bonchev–Trinajstić information content (AvgIpc) is 2.06. The van der Waals surface area contributed by atoms with E-state index in [1.807, 2.05) is 0 Å². The fourth-order valence-corrected chi connectivity index (χ4v) is 1.22. The van der Waals surface area contributed by atoms with Gasteiger partial charge in [-0.3, -0.25) is 4.79 Å². The SMILES string of the molecule is C.NC(=O)c1cc(Cl)c(C(F)(F)F)cc1F. The van der Waals surface area contributed by atoms with E-state index in [0.717, 1.165) is 0 Å². The van der Waals surface area contributed by atoms with Gasteiger partial charge in [-0.1, -0.05) is 19.0 Å². The summed E-state index contributed by atoms with van der Waals surface area (Å²) in [5, 5.41) is -0.766. The maximum absolute atomic E-state index is 13.0. The van der Waals surface area contributed by atoms with Crippen molar-refractivity contribution >= 4 is 17.5 Å². The van der Waals surface area contributed by atoms with Crippen LogP contribution in [0.4, 0.5) is 17.6 Å². The molecule has 0 saturated carbocycles. The van der Waals surface area contributed by atoms with Gasteiger partial charge in [-0.05, 0) is 12.1 Å². The van der Waals surface area contributed by atoms with Crippen molar-refractivity contribution < 1.29 is 22.4 Å². The molecule has 0 unspecified atom stereocenters. The van der Waals surface area contributed by atoms with Gasteiger partial charge in [0.1, 0.15) is 5.82 Å². The van der Waals surface area contributed by atoms with E-state index in [1.54, 1.807) is 0 Å². The summed E-state index contributed by atoms with van der Waals surface area (Å²) >= 11 is 5.24. The van der Waals surface area contributed by atoms with Crippen molar-refractivity contribution in [3.8, 4) is 0 Å². The van der Waals surface area contributed by atoms with Crippen LogP contribution in [0.15, 0.2) is 12.1 Å². The third kappa shape index (κ3) is 2.85. The lowest BCUT2D eigenvalue weighted by Crippen LogP contribution is -2.15. The minimum absolute atomic E-state index is 0. The number of halogens is 5. The van der Waals surface area contributed by atoms with Crippen molar-refractivity contribution in [2.24, 2.45) is 5.73 Å². The Hall–Kier alpha value is -1.30. The van der Waals surface area contributed by atoms with Crippen LogP contribution in [0.2, 0.25) is 5.02 Å². The predicted molar refractivity (Wildman–Crippen MR) is 51.7 cm³/mol. The minimum atomic E-state index is -4.77. The van der Waals surface area contributed by atoms with Gasteiger partial charge in [0.25, 0.3) is 5.91 Å². The first kappa shape index (κ1) is 14.7. The molecule has 0 spiro atoms. The maximum Gasteiger partial charge on any atom is 0.417 e. The second kappa shape index (κ2) is 4.69. The Morgan fingerprint density at radius 2 is 1.81 bits per heavy atom. The molecule has 1 amide bonds. The van der Waals surface area contributed by atoms with Crippen molar-refractivity contribution in [1.29, 1.82) is 0 Å².